The van der Waals surface area contributed by atoms with Crippen LogP contribution in [0.15, 0.2) is 37.6 Å². The first-order chi connectivity index (χ1) is 29.1. The molecule has 0 spiro atoms. The molecule has 3 heterocycles. The molecule has 21 heteroatoms. The molecule has 0 aliphatic heterocycles. The minimum absolute atomic E-state index is 0.110. The maximum absolute atomic E-state index is 14.1. The number of carbonyl (C=O) groups excluding carboxylic acids is 6. The summed E-state index contributed by atoms with van der Waals surface area (Å²) in [6.45, 7) is 1.01. The van der Waals surface area contributed by atoms with Crippen molar-refractivity contribution in [1.82, 2.24) is 61.8 Å². The Morgan fingerprint density at radius 3 is 1.05 bits per heavy atom. The summed E-state index contributed by atoms with van der Waals surface area (Å²) >= 11 is 4.64. The number of thioether (sulfide) groups is 3. The number of carbonyl (C=O) groups is 6. The van der Waals surface area contributed by atoms with E-state index in [0.717, 1.165) is 17.1 Å². The highest BCUT2D eigenvalue weighted by molar-refractivity contribution is 7.98. The summed E-state index contributed by atoms with van der Waals surface area (Å²) in [5.41, 5.74) is 2.58. The van der Waals surface area contributed by atoms with E-state index in [1.165, 1.54) is 0 Å². The summed E-state index contributed by atoms with van der Waals surface area (Å²) in [7, 11) is 0. The van der Waals surface area contributed by atoms with Gasteiger partial charge in [0.15, 0.2) is 0 Å². The van der Waals surface area contributed by atoms with Gasteiger partial charge in [0.2, 0.25) is 35.4 Å². The van der Waals surface area contributed by atoms with Crippen LogP contribution in [0.25, 0.3) is 0 Å². The molecule has 1 aliphatic carbocycles. The van der Waals surface area contributed by atoms with Crippen LogP contribution < -0.4 is 31.9 Å². The van der Waals surface area contributed by atoms with Crippen LogP contribution in [0.2, 0.25) is 0 Å². The van der Waals surface area contributed by atoms with Crippen LogP contribution in [-0.4, -0.2) is 139 Å². The van der Waals surface area contributed by atoms with Crippen molar-refractivity contribution in [2.75, 3.05) is 55.7 Å². The summed E-state index contributed by atoms with van der Waals surface area (Å²) in [6.07, 6.45) is 18.6. The van der Waals surface area contributed by atoms with Gasteiger partial charge in [-0.2, -0.15) is 35.3 Å². The van der Waals surface area contributed by atoms with Crippen LogP contribution in [-0.2, 0) is 48.0 Å². The fourth-order valence-corrected chi connectivity index (χ4v) is 8.35. The van der Waals surface area contributed by atoms with Crippen LogP contribution in [0.5, 0.6) is 0 Å². The lowest BCUT2D eigenvalue weighted by Gasteiger charge is -2.35. The van der Waals surface area contributed by atoms with E-state index >= 15 is 0 Å². The summed E-state index contributed by atoms with van der Waals surface area (Å²) < 4.78 is 0. The third kappa shape index (κ3) is 16.5. The van der Waals surface area contributed by atoms with Crippen molar-refractivity contribution in [2.45, 2.75) is 75.9 Å². The third-order valence-electron chi connectivity index (χ3n) is 10.3. The van der Waals surface area contributed by atoms with Gasteiger partial charge in [-0.1, -0.05) is 0 Å². The number of hydrogen-bond acceptors (Lipinski definition) is 12. The summed E-state index contributed by atoms with van der Waals surface area (Å²) in [5.74, 6) is -2.89. The highest BCUT2D eigenvalue weighted by Crippen LogP contribution is 2.35. The lowest BCUT2D eigenvalue weighted by atomic mass is 9.73. The molecule has 1 fully saturated rings. The maximum Gasteiger partial charge on any atom is 0.242 e. The Labute approximate surface area is 363 Å². The monoisotopic (exact) mass is 888 g/mol. The van der Waals surface area contributed by atoms with Crippen LogP contribution in [0, 0.1) is 17.8 Å². The number of nitrogens with zero attached hydrogens (tertiary/aromatic N) is 3. The van der Waals surface area contributed by atoms with Crippen molar-refractivity contribution < 1.29 is 28.8 Å². The Morgan fingerprint density at radius 1 is 0.533 bits per heavy atom. The number of hydrogen-bond donors (Lipinski definition) is 9. The lowest BCUT2D eigenvalue weighted by molar-refractivity contribution is -0.139. The van der Waals surface area contributed by atoms with E-state index in [9.17, 15) is 28.8 Å². The zero-order valence-corrected chi connectivity index (χ0v) is 37.0. The number of aromatic nitrogens is 6. The molecule has 3 atom stereocenters. The van der Waals surface area contributed by atoms with Gasteiger partial charge >= 0.3 is 0 Å². The molecule has 1 aliphatic rings. The number of H-pyrrole nitrogens is 3. The highest BCUT2D eigenvalue weighted by atomic mass is 32.2. The van der Waals surface area contributed by atoms with Gasteiger partial charge in [-0.25, -0.2) is 15.0 Å². The van der Waals surface area contributed by atoms with Crippen LogP contribution in [0.1, 0.15) is 55.6 Å². The van der Waals surface area contributed by atoms with Crippen LogP contribution >= 0.6 is 35.3 Å². The minimum Gasteiger partial charge on any atom is -0.354 e. The molecule has 0 radical (unpaired) electrons. The zero-order chi connectivity index (χ0) is 43.1. The van der Waals surface area contributed by atoms with Crippen LogP contribution in [0.3, 0.4) is 0 Å². The van der Waals surface area contributed by atoms with Gasteiger partial charge < -0.3 is 46.9 Å². The first-order valence-electron chi connectivity index (χ1n) is 20.2. The van der Waals surface area contributed by atoms with Crippen molar-refractivity contribution in [2.24, 2.45) is 17.8 Å². The number of amides is 6. The third-order valence-corrected chi connectivity index (χ3v) is 12.2. The Morgan fingerprint density at radius 2 is 0.817 bits per heavy atom. The number of nitrogens with one attached hydrogen (secondary N) is 9. The molecule has 3 aromatic rings. The molecular formula is C39H60N12O6S3. The molecule has 0 aromatic carbocycles. The second-order valence-corrected chi connectivity index (χ2v) is 17.6. The van der Waals surface area contributed by atoms with E-state index in [2.05, 4.69) is 61.8 Å². The zero-order valence-electron chi connectivity index (χ0n) is 34.6. The van der Waals surface area contributed by atoms with Gasteiger partial charge in [-0.05, 0) is 74.6 Å². The lowest BCUT2D eigenvalue weighted by Crippen LogP contribution is -2.54. The van der Waals surface area contributed by atoms with E-state index in [0.29, 0.717) is 75.4 Å². The van der Waals surface area contributed by atoms with E-state index in [-0.39, 0.29) is 37.0 Å². The predicted molar refractivity (Wildman–Crippen MR) is 235 cm³/mol. The van der Waals surface area contributed by atoms with E-state index in [1.54, 1.807) is 72.9 Å². The number of imidazole rings is 3. The molecular weight excluding hydrogens is 829 g/mol. The molecule has 3 aromatic heterocycles. The fraction of sp³-hybridized carbons (Fsp3) is 0.615. The van der Waals surface area contributed by atoms with Gasteiger partial charge in [0.25, 0.3) is 0 Å². The largest absolute Gasteiger partial charge is 0.354 e. The predicted octanol–water partition coefficient (Wildman–Crippen LogP) is 0.979. The molecule has 9 N–H and O–H groups in total. The molecule has 0 bridgehead atoms. The molecule has 1 saturated carbocycles. The van der Waals surface area contributed by atoms with Crippen molar-refractivity contribution in [3.63, 3.8) is 0 Å². The average molecular weight is 889 g/mol. The standard InChI is InChI=1S/C39H60N12O6S3/c1-58-13-7-31(37(55)43-10-4-28-19-40-22-46-28)49-34(52)25-16-26(35(53)50-32(8-14-59-2)38(56)44-11-5-29-20-41-23-47-29)18-27(17-25)36(54)51-33(9-15-60-3)39(57)45-12-6-30-21-42-24-48-30/h19-27,31-33H,4-18H2,1-3H3,(H,40,46)(H,41,47)(H,42,48)(H,43,55)(H,44,56)(H,45,57)(H,49,52)(H,50,53)(H,51,54)/t25?,26?,27?,31-,32-,33-/m0/s1. The summed E-state index contributed by atoms with van der Waals surface area (Å²) in [4.78, 5) is 104. The first-order valence-corrected chi connectivity index (χ1v) is 24.4. The Bertz CT molecular complexity index is 1540. The molecule has 4 rings (SSSR count). The number of aromatic amines is 3. The van der Waals surface area contributed by atoms with Crippen molar-refractivity contribution >= 4 is 70.7 Å². The van der Waals surface area contributed by atoms with Crippen molar-refractivity contribution in [3.05, 3.63) is 54.7 Å². The second kappa shape index (κ2) is 26.7. The van der Waals surface area contributed by atoms with Gasteiger partial charge in [-0.15, -0.1) is 0 Å². The van der Waals surface area contributed by atoms with E-state index in [4.69, 9.17) is 0 Å². The number of rotatable bonds is 27. The molecule has 330 valence electrons. The van der Waals surface area contributed by atoms with E-state index < -0.39 is 53.6 Å². The Balaban J connectivity index is 1.49. The summed E-state index contributed by atoms with van der Waals surface area (Å²) in [5, 5.41) is 17.5. The quantitative estimate of drug-likeness (QED) is 0.0519. The molecule has 60 heavy (non-hydrogen) atoms. The minimum atomic E-state index is -0.837. The van der Waals surface area contributed by atoms with Gasteiger partial charge in [0, 0.05) is 92.3 Å². The normalized spacial score (nSPS) is 17.8. The summed E-state index contributed by atoms with van der Waals surface area (Å²) in [6, 6.07) is -2.51. The highest BCUT2D eigenvalue weighted by Gasteiger charge is 2.41. The molecule has 6 amide bonds. The van der Waals surface area contributed by atoms with Gasteiger partial charge in [-0.3, -0.25) is 28.8 Å². The Kier molecular flexibility index (Phi) is 21.4. The van der Waals surface area contributed by atoms with Gasteiger partial charge in [0.1, 0.15) is 18.1 Å². The second-order valence-electron chi connectivity index (χ2n) is 14.7. The fourth-order valence-electron chi connectivity index (χ4n) is 6.94. The molecule has 18 nitrogen and oxygen atoms in total. The van der Waals surface area contributed by atoms with Crippen LogP contribution in [0.4, 0.5) is 0 Å². The first kappa shape index (κ1) is 48.2. The topological polar surface area (TPSA) is 261 Å². The van der Waals surface area contributed by atoms with E-state index in [1.807, 2.05) is 18.8 Å². The molecule has 0 saturated heterocycles. The van der Waals surface area contributed by atoms with Crippen molar-refractivity contribution in [3.8, 4) is 0 Å². The average Bonchev–Trinajstić information content (AvgIpc) is 4.08. The maximum atomic E-state index is 14.1. The smallest absolute Gasteiger partial charge is 0.242 e. The van der Waals surface area contributed by atoms with Crippen molar-refractivity contribution in [1.29, 1.82) is 0 Å². The molecule has 0 unspecified atom stereocenters. The SMILES string of the molecule is CSCC[C@H](NC(=O)C1CC(C(=O)N[C@@H](CCSC)C(=O)NCCc2cnc[nH]2)CC(C(=O)N[C@@H](CCSC)C(=O)NCCc2cnc[nH]2)C1)C(=O)NCCc1cnc[nH]1. The van der Waals surface area contributed by atoms with Gasteiger partial charge in [0.05, 0.1) is 19.0 Å². The Hall–Kier alpha value is -4.50.